The number of hydrogen-bond acceptors (Lipinski definition) is 7. The molecule has 0 bridgehead atoms. The van der Waals surface area contributed by atoms with Crippen LogP contribution in [0.1, 0.15) is 6.42 Å². The Morgan fingerprint density at radius 2 is 1.59 bits per heavy atom. The Hall–Kier alpha value is -1.93. The first-order valence-electron chi connectivity index (χ1n) is 6.71. The molecule has 8 nitrogen and oxygen atoms in total. The van der Waals surface area contributed by atoms with Crippen LogP contribution >= 0.6 is 0 Å². The molecule has 0 radical (unpaired) electrons. The highest BCUT2D eigenvalue weighted by Crippen LogP contribution is 2.01. The normalized spacial score (nSPS) is 12.8. The Labute approximate surface area is 129 Å². The number of rotatable bonds is 9. The van der Waals surface area contributed by atoms with E-state index in [4.69, 9.17) is 9.47 Å². The van der Waals surface area contributed by atoms with E-state index in [1.54, 1.807) is 0 Å². The highest BCUT2D eigenvalue weighted by Gasteiger charge is 2.19. The summed E-state index contributed by atoms with van der Waals surface area (Å²) in [5, 5.41) is 9.69. The summed E-state index contributed by atoms with van der Waals surface area (Å²) in [7, 11) is 6.88. The molecule has 0 fully saturated rings. The summed E-state index contributed by atoms with van der Waals surface area (Å²) in [6, 6.07) is 0. The van der Waals surface area contributed by atoms with Gasteiger partial charge in [-0.3, -0.25) is 4.79 Å². The van der Waals surface area contributed by atoms with Gasteiger partial charge in [0.05, 0.1) is 34.7 Å². The van der Waals surface area contributed by atoms with Gasteiger partial charge in [-0.2, -0.15) is 0 Å². The maximum atomic E-state index is 11.4. The molecule has 0 aliphatic carbocycles. The monoisotopic (exact) mass is 318 g/mol. The van der Waals surface area contributed by atoms with Crippen molar-refractivity contribution in [2.24, 2.45) is 0 Å². The standard InChI is InChI=1S/C14H24NO7/c1-15(2,3)10-11(16)9-14(19)22-8-7-21-13(18)6-5-12(17)20-4/h5-6,11,16H,7-10H2,1-4H3/q+1/b6-5+/t11-/m1/s1. The van der Waals surface area contributed by atoms with Gasteiger partial charge in [-0.05, 0) is 0 Å². The maximum absolute atomic E-state index is 11.4. The topological polar surface area (TPSA) is 99.1 Å². The molecule has 8 heteroatoms. The second-order valence-corrected chi connectivity index (χ2v) is 5.58. The summed E-state index contributed by atoms with van der Waals surface area (Å²) in [6.07, 6.45) is 0.929. The molecule has 1 N–H and O–H groups in total. The van der Waals surface area contributed by atoms with Gasteiger partial charge in [0.15, 0.2) is 0 Å². The highest BCUT2D eigenvalue weighted by molar-refractivity contribution is 5.91. The van der Waals surface area contributed by atoms with Gasteiger partial charge in [-0.1, -0.05) is 0 Å². The number of quaternary nitrogens is 1. The molecule has 0 spiro atoms. The van der Waals surface area contributed by atoms with Crippen LogP contribution < -0.4 is 0 Å². The van der Waals surface area contributed by atoms with E-state index >= 15 is 0 Å². The van der Waals surface area contributed by atoms with Gasteiger partial charge in [-0.15, -0.1) is 0 Å². The van der Waals surface area contributed by atoms with Gasteiger partial charge in [-0.25, -0.2) is 9.59 Å². The summed E-state index contributed by atoms with van der Waals surface area (Å²) in [5.74, 6) is -1.98. The van der Waals surface area contributed by atoms with E-state index in [0.29, 0.717) is 11.0 Å². The van der Waals surface area contributed by atoms with E-state index in [1.165, 1.54) is 7.11 Å². The van der Waals surface area contributed by atoms with Gasteiger partial charge in [0.25, 0.3) is 0 Å². The molecular weight excluding hydrogens is 294 g/mol. The van der Waals surface area contributed by atoms with E-state index in [-0.39, 0.29) is 19.6 Å². The molecular formula is C14H24NO7+. The van der Waals surface area contributed by atoms with Crippen molar-refractivity contribution in [2.75, 3.05) is 48.0 Å². The Balaban J connectivity index is 3.83. The fourth-order valence-corrected chi connectivity index (χ4v) is 1.50. The molecule has 1 atom stereocenters. The molecule has 0 amide bonds. The molecule has 0 heterocycles. The van der Waals surface area contributed by atoms with E-state index in [1.807, 2.05) is 21.1 Å². The number of likely N-dealkylation sites (N-methyl/N-ethyl adjacent to an activating group) is 1. The molecule has 0 saturated heterocycles. The molecule has 0 aromatic heterocycles. The van der Waals surface area contributed by atoms with Crippen LogP contribution in [0.5, 0.6) is 0 Å². The summed E-state index contributed by atoms with van der Waals surface area (Å²) in [6.45, 7) is 0.164. The second kappa shape index (κ2) is 9.91. The molecule has 0 aromatic carbocycles. The maximum Gasteiger partial charge on any atom is 0.331 e. The van der Waals surface area contributed by atoms with Crippen LogP contribution in [0.4, 0.5) is 0 Å². The largest absolute Gasteiger partial charge is 0.466 e. The van der Waals surface area contributed by atoms with Crippen molar-refractivity contribution in [3.63, 3.8) is 0 Å². The van der Waals surface area contributed by atoms with Gasteiger partial charge in [0.2, 0.25) is 0 Å². The second-order valence-electron chi connectivity index (χ2n) is 5.58. The summed E-state index contributed by atoms with van der Waals surface area (Å²) >= 11 is 0. The predicted molar refractivity (Wildman–Crippen MR) is 76.6 cm³/mol. The van der Waals surface area contributed by atoms with Crippen molar-refractivity contribution in [1.82, 2.24) is 0 Å². The molecule has 0 aliphatic rings. The lowest BCUT2D eigenvalue weighted by atomic mass is 10.2. The predicted octanol–water partition coefficient (Wildman–Crippen LogP) is -0.741. The summed E-state index contributed by atoms with van der Waals surface area (Å²) in [5.41, 5.74) is 0. The minimum absolute atomic E-state index is 0.117. The van der Waals surface area contributed by atoms with Crippen LogP contribution in [0.2, 0.25) is 0 Å². The fraction of sp³-hybridized carbons (Fsp3) is 0.643. The lowest BCUT2D eigenvalue weighted by molar-refractivity contribution is -0.873. The van der Waals surface area contributed by atoms with Crippen LogP contribution in [0.15, 0.2) is 12.2 Å². The number of nitrogens with zero attached hydrogens (tertiary/aromatic N) is 1. The van der Waals surface area contributed by atoms with Gasteiger partial charge >= 0.3 is 17.9 Å². The quantitative estimate of drug-likeness (QED) is 0.196. The number of carbonyl (C=O) groups excluding carboxylic acids is 3. The van der Waals surface area contributed by atoms with E-state index in [2.05, 4.69) is 4.74 Å². The zero-order valence-electron chi connectivity index (χ0n) is 13.4. The average Bonchev–Trinajstić information content (AvgIpc) is 2.38. The summed E-state index contributed by atoms with van der Waals surface area (Å²) in [4.78, 5) is 33.3. The average molecular weight is 318 g/mol. The van der Waals surface area contributed by atoms with Crippen LogP contribution in [-0.4, -0.2) is 81.6 Å². The van der Waals surface area contributed by atoms with E-state index < -0.39 is 24.0 Å². The smallest absolute Gasteiger partial charge is 0.331 e. The zero-order chi connectivity index (χ0) is 17.2. The first-order valence-corrected chi connectivity index (χ1v) is 6.71. The number of hydrogen-bond donors (Lipinski definition) is 1. The minimum Gasteiger partial charge on any atom is -0.466 e. The molecule has 126 valence electrons. The molecule has 0 rings (SSSR count). The van der Waals surface area contributed by atoms with Gasteiger partial charge < -0.3 is 23.8 Å². The van der Waals surface area contributed by atoms with Crippen molar-refractivity contribution in [3.05, 3.63) is 12.2 Å². The van der Waals surface area contributed by atoms with Crippen LogP contribution in [-0.2, 0) is 28.6 Å². The SMILES string of the molecule is COC(=O)/C=C/C(=O)OCCOC(=O)C[C@@H](O)C[N+](C)(C)C. The van der Waals surface area contributed by atoms with Crippen molar-refractivity contribution in [3.8, 4) is 0 Å². The van der Waals surface area contributed by atoms with Crippen LogP contribution in [0.25, 0.3) is 0 Å². The van der Waals surface area contributed by atoms with Crippen molar-refractivity contribution in [2.45, 2.75) is 12.5 Å². The number of aliphatic hydroxyl groups is 1. The number of methoxy groups -OCH3 is 1. The number of esters is 3. The third-order valence-electron chi connectivity index (χ3n) is 2.31. The molecule has 0 unspecified atom stereocenters. The molecule has 22 heavy (non-hydrogen) atoms. The van der Waals surface area contributed by atoms with Crippen LogP contribution in [0, 0.1) is 0 Å². The zero-order valence-corrected chi connectivity index (χ0v) is 13.4. The van der Waals surface area contributed by atoms with Gasteiger partial charge in [0, 0.05) is 12.2 Å². The Bertz CT molecular complexity index is 412. The third kappa shape index (κ3) is 11.9. The lowest BCUT2D eigenvalue weighted by Gasteiger charge is -2.26. The lowest BCUT2D eigenvalue weighted by Crippen LogP contribution is -2.42. The van der Waals surface area contributed by atoms with Crippen molar-refractivity contribution in [1.29, 1.82) is 0 Å². The van der Waals surface area contributed by atoms with Gasteiger partial charge in [0.1, 0.15) is 25.9 Å². The van der Waals surface area contributed by atoms with E-state index in [0.717, 1.165) is 12.2 Å². The third-order valence-corrected chi connectivity index (χ3v) is 2.31. The van der Waals surface area contributed by atoms with Crippen molar-refractivity contribution < 1.29 is 38.2 Å². The Morgan fingerprint density at radius 3 is 2.14 bits per heavy atom. The van der Waals surface area contributed by atoms with E-state index in [9.17, 15) is 19.5 Å². The Kier molecular flexibility index (Phi) is 9.04. The minimum atomic E-state index is -0.793. The first-order chi connectivity index (χ1) is 10.1. The Morgan fingerprint density at radius 1 is 1.05 bits per heavy atom. The fourth-order valence-electron chi connectivity index (χ4n) is 1.50. The first kappa shape index (κ1) is 20.1. The number of aliphatic hydroxyl groups excluding tert-OH is 1. The van der Waals surface area contributed by atoms with Crippen LogP contribution in [0.3, 0.4) is 0 Å². The number of carbonyl (C=O) groups is 3. The van der Waals surface area contributed by atoms with Crippen molar-refractivity contribution >= 4 is 17.9 Å². The molecule has 0 aliphatic heterocycles. The molecule has 0 aromatic rings. The molecule has 0 saturated carbocycles. The highest BCUT2D eigenvalue weighted by atomic mass is 16.6. The number of ether oxygens (including phenoxy) is 3. The summed E-state index contributed by atoms with van der Waals surface area (Å²) < 4.78 is 14.3.